The minimum atomic E-state index is -1.36. The molecular weight excluding hydrogens is 576 g/mol. The molecule has 2 unspecified atom stereocenters. The predicted octanol–water partition coefficient (Wildman–Crippen LogP) is -1.32. The van der Waals surface area contributed by atoms with Crippen LogP contribution in [0, 0.1) is 5.92 Å². The second-order valence-electron chi connectivity index (χ2n) is 9.25. The van der Waals surface area contributed by atoms with Crippen LogP contribution >= 0.6 is 0 Å². The van der Waals surface area contributed by atoms with E-state index in [1.807, 2.05) is 0 Å². The number of carbonyl (C=O) groups excluding carboxylic acids is 3. The molecule has 43 heavy (non-hydrogen) atoms. The molecule has 6 amide bonds. The summed E-state index contributed by atoms with van der Waals surface area (Å²) in [5.41, 5.74) is 5.04. The molecule has 0 aliphatic rings. The normalized spacial score (nSPS) is 12.3. The molecule has 0 saturated carbocycles. The Labute approximate surface area is 251 Å². The number of nitrogens with one attached hydrogen (secondary N) is 5. The van der Waals surface area contributed by atoms with Crippen LogP contribution < -0.4 is 32.3 Å². The first-order valence-corrected chi connectivity index (χ1v) is 14.0. The highest BCUT2D eigenvalue weighted by Crippen LogP contribution is 2.05. The zero-order valence-corrected chi connectivity index (χ0v) is 24.9. The van der Waals surface area contributed by atoms with E-state index in [-0.39, 0.29) is 51.8 Å². The number of hydrogen-bond acceptors (Lipinski definition) is 10. The van der Waals surface area contributed by atoms with Crippen LogP contribution in [0.1, 0.15) is 26.7 Å². The second kappa shape index (κ2) is 26.2. The standard InChI is InChI=1S/C25H48N6O12/c1-18(2)20(31-25(37)38)22(33)30-19(4-3-5-28-23(26)34)21(32)27-6-8-39-10-12-41-14-16-43-17-15-42-13-11-40-9-7-29-24(35)36/h18-20,29,31H,3-17H2,1-2H3,(H,27,32)(H,30,33)(H,35,36)(H,37,38)(H3,26,28,34). The number of ether oxygens (including phenoxy) is 5. The summed E-state index contributed by atoms with van der Waals surface area (Å²) in [6.45, 7) is 7.24. The Morgan fingerprint density at radius 2 is 1.07 bits per heavy atom. The van der Waals surface area contributed by atoms with E-state index >= 15 is 0 Å². The van der Waals surface area contributed by atoms with Gasteiger partial charge in [0, 0.05) is 19.6 Å². The van der Waals surface area contributed by atoms with Crippen LogP contribution in [0.15, 0.2) is 0 Å². The molecule has 0 saturated heterocycles. The Bertz CT molecular complexity index is 805. The lowest BCUT2D eigenvalue weighted by Crippen LogP contribution is -2.55. The number of urea groups is 1. The molecule has 0 aromatic rings. The quantitative estimate of drug-likeness (QED) is 0.0495. The van der Waals surface area contributed by atoms with E-state index in [2.05, 4.69) is 26.6 Å². The van der Waals surface area contributed by atoms with E-state index in [0.29, 0.717) is 52.7 Å². The summed E-state index contributed by atoms with van der Waals surface area (Å²) < 4.78 is 26.7. The molecule has 9 N–H and O–H groups in total. The molecule has 0 aromatic carbocycles. The molecule has 0 aromatic heterocycles. The summed E-state index contributed by atoms with van der Waals surface area (Å²) >= 11 is 0. The topological polar surface area (TPSA) is 258 Å². The number of primary amides is 1. The number of rotatable bonds is 27. The number of carbonyl (C=O) groups is 5. The SMILES string of the molecule is CC(C)C(NC(=O)O)C(=O)NC(CCCNC(N)=O)C(=O)NCCOCCOCCOCCOCCOCCNC(=O)O. The van der Waals surface area contributed by atoms with Gasteiger partial charge < -0.3 is 66.2 Å². The summed E-state index contributed by atoms with van der Waals surface area (Å²) in [4.78, 5) is 57.5. The van der Waals surface area contributed by atoms with Crippen molar-refractivity contribution in [2.24, 2.45) is 11.7 Å². The van der Waals surface area contributed by atoms with Gasteiger partial charge in [-0.15, -0.1) is 0 Å². The van der Waals surface area contributed by atoms with Crippen molar-refractivity contribution in [3.8, 4) is 0 Å². The summed E-state index contributed by atoms with van der Waals surface area (Å²) in [7, 11) is 0. The van der Waals surface area contributed by atoms with Gasteiger partial charge >= 0.3 is 18.2 Å². The summed E-state index contributed by atoms with van der Waals surface area (Å²) in [6.07, 6.45) is -1.93. The number of carboxylic acid groups (broad SMARTS) is 2. The molecule has 0 aliphatic carbocycles. The molecule has 0 radical (unpaired) electrons. The predicted molar refractivity (Wildman–Crippen MR) is 152 cm³/mol. The van der Waals surface area contributed by atoms with E-state index < -0.39 is 42.1 Å². The van der Waals surface area contributed by atoms with Crippen molar-refractivity contribution < 1.29 is 57.9 Å². The van der Waals surface area contributed by atoms with Crippen molar-refractivity contribution in [2.75, 3.05) is 85.7 Å². The molecule has 0 fully saturated rings. The summed E-state index contributed by atoms with van der Waals surface area (Å²) in [6, 6.07) is -2.72. The third-order valence-electron chi connectivity index (χ3n) is 5.39. The zero-order chi connectivity index (χ0) is 32.3. The molecule has 0 spiro atoms. The molecule has 0 bridgehead atoms. The van der Waals surface area contributed by atoms with Crippen LogP contribution in [0.4, 0.5) is 14.4 Å². The van der Waals surface area contributed by atoms with Gasteiger partial charge in [-0.2, -0.15) is 0 Å². The number of amides is 6. The fourth-order valence-corrected chi connectivity index (χ4v) is 3.30. The summed E-state index contributed by atoms with van der Waals surface area (Å²) in [5, 5.41) is 29.4. The van der Waals surface area contributed by atoms with Gasteiger partial charge in [0.2, 0.25) is 11.8 Å². The maximum Gasteiger partial charge on any atom is 0.405 e. The Balaban J connectivity index is 4.04. The number of nitrogens with two attached hydrogens (primary N) is 1. The van der Waals surface area contributed by atoms with Gasteiger partial charge in [-0.3, -0.25) is 9.59 Å². The molecule has 18 heteroatoms. The average molecular weight is 625 g/mol. The molecule has 2 atom stereocenters. The van der Waals surface area contributed by atoms with Crippen LogP contribution in [0.2, 0.25) is 0 Å². The van der Waals surface area contributed by atoms with E-state index in [1.165, 1.54) is 0 Å². The fraction of sp³-hybridized carbons (Fsp3) is 0.800. The molecular formula is C25H48N6O12. The highest BCUT2D eigenvalue weighted by Gasteiger charge is 2.28. The molecule has 0 rings (SSSR count). The average Bonchev–Trinajstić information content (AvgIpc) is 2.93. The summed E-state index contributed by atoms with van der Waals surface area (Å²) in [5.74, 6) is -1.47. The Morgan fingerprint density at radius 3 is 1.49 bits per heavy atom. The van der Waals surface area contributed by atoms with Crippen LogP contribution in [0.25, 0.3) is 0 Å². The molecule has 250 valence electrons. The van der Waals surface area contributed by atoms with Gasteiger partial charge in [-0.05, 0) is 18.8 Å². The maximum atomic E-state index is 12.7. The van der Waals surface area contributed by atoms with E-state index in [0.717, 1.165) is 0 Å². The van der Waals surface area contributed by atoms with Crippen molar-refractivity contribution in [3.05, 3.63) is 0 Å². The molecule has 0 aliphatic heterocycles. The third-order valence-corrected chi connectivity index (χ3v) is 5.39. The van der Waals surface area contributed by atoms with Gasteiger partial charge in [-0.25, -0.2) is 14.4 Å². The number of hydrogen-bond donors (Lipinski definition) is 8. The Morgan fingerprint density at radius 1 is 0.605 bits per heavy atom. The van der Waals surface area contributed by atoms with Crippen LogP contribution in [-0.2, 0) is 33.3 Å². The smallest absolute Gasteiger partial charge is 0.405 e. The zero-order valence-electron chi connectivity index (χ0n) is 24.9. The van der Waals surface area contributed by atoms with Gasteiger partial charge in [-0.1, -0.05) is 13.8 Å². The lowest BCUT2D eigenvalue weighted by atomic mass is 10.0. The largest absolute Gasteiger partial charge is 0.465 e. The van der Waals surface area contributed by atoms with Crippen LogP contribution in [0.5, 0.6) is 0 Å². The van der Waals surface area contributed by atoms with Crippen LogP contribution in [-0.4, -0.2) is 138 Å². The highest BCUT2D eigenvalue weighted by atomic mass is 16.6. The van der Waals surface area contributed by atoms with Crippen molar-refractivity contribution >= 4 is 30.0 Å². The minimum Gasteiger partial charge on any atom is -0.465 e. The molecule has 0 heterocycles. The highest BCUT2D eigenvalue weighted by molar-refractivity contribution is 5.91. The van der Waals surface area contributed by atoms with Crippen molar-refractivity contribution in [1.29, 1.82) is 0 Å². The first kappa shape index (κ1) is 39.5. The van der Waals surface area contributed by atoms with E-state index in [4.69, 9.17) is 39.6 Å². The van der Waals surface area contributed by atoms with Gasteiger partial charge in [0.1, 0.15) is 12.1 Å². The lowest BCUT2D eigenvalue weighted by Gasteiger charge is -2.24. The van der Waals surface area contributed by atoms with Crippen molar-refractivity contribution in [1.82, 2.24) is 26.6 Å². The monoisotopic (exact) mass is 624 g/mol. The van der Waals surface area contributed by atoms with E-state index in [9.17, 15) is 24.0 Å². The van der Waals surface area contributed by atoms with Crippen molar-refractivity contribution in [3.63, 3.8) is 0 Å². The minimum absolute atomic E-state index is 0.166. The lowest BCUT2D eigenvalue weighted by molar-refractivity contribution is -0.130. The first-order valence-electron chi connectivity index (χ1n) is 14.0. The fourth-order valence-electron chi connectivity index (χ4n) is 3.30. The Kier molecular flexibility index (Phi) is 24.1. The third kappa shape index (κ3) is 24.8. The van der Waals surface area contributed by atoms with Gasteiger partial charge in [0.05, 0.1) is 66.1 Å². The first-order chi connectivity index (χ1) is 20.5. The van der Waals surface area contributed by atoms with Gasteiger partial charge in [0.25, 0.3) is 0 Å². The van der Waals surface area contributed by atoms with Crippen molar-refractivity contribution in [2.45, 2.75) is 38.8 Å². The molecule has 18 nitrogen and oxygen atoms in total. The van der Waals surface area contributed by atoms with Gasteiger partial charge in [0.15, 0.2) is 0 Å². The van der Waals surface area contributed by atoms with Crippen LogP contribution in [0.3, 0.4) is 0 Å². The maximum absolute atomic E-state index is 12.7. The second-order valence-corrected chi connectivity index (χ2v) is 9.25. The Hall–Kier alpha value is -3.45. The van der Waals surface area contributed by atoms with E-state index in [1.54, 1.807) is 13.8 Å².